The number of hydrogen-bond acceptors (Lipinski definition) is 7. The Labute approximate surface area is 200 Å². The fourth-order valence-corrected chi connectivity index (χ4v) is 3.91. The molecule has 7 nitrogen and oxygen atoms in total. The molecule has 0 radical (unpaired) electrons. The first-order valence-electron chi connectivity index (χ1n) is 12.2. The van der Waals surface area contributed by atoms with E-state index < -0.39 is 5.97 Å². The SMILES string of the molecule is CCCC(OCC1CO1)Oc1ccc(C(=O)Oc2ccc(OCC3CCC(O)CC3)cc2)cc1. The highest BCUT2D eigenvalue weighted by Gasteiger charge is 2.25. The van der Waals surface area contributed by atoms with Crippen LogP contribution in [-0.2, 0) is 9.47 Å². The second-order valence-electron chi connectivity index (χ2n) is 9.00. The van der Waals surface area contributed by atoms with E-state index in [1.54, 1.807) is 48.5 Å². The van der Waals surface area contributed by atoms with E-state index >= 15 is 0 Å². The van der Waals surface area contributed by atoms with Gasteiger partial charge in [0.2, 0.25) is 0 Å². The molecule has 1 heterocycles. The van der Waals surface area contributed by atoms with Gasteiger partial charge in [0.25, 0.3) is 0 Å². The van der Waals surface area contributed by atoms with E-state index in [1.165, 1.54) is 0 Å². The lowest BCUT2D eigenvalue weighted by molar-refractivity contribution is -0.0885. The predicted octanol–water partition coefficient (Wildman–Crippen LogP) is 4.76. The number of rotatable bonds is 12. The van der Waals surface area contributed by atoms with Crippen molar-refractivity contribution >= 4 is 5.97 Å². The molecule has 2 aliphatic rings. The summed E-state index contributed by atoms with van der Waals surface area (Å²) in [6.45, 7) is 3.99. The summed E-state index contributed by atoms with van der Waals surface area (Å²) in [5.74, 6) is 1.87. The minimum Gasteiger partial charge on any atom is -0.493 e. The van der Waals surface area contributed by atoms with Crippen molar-refractivity contribution < 1.29 is 33.6 Å². The van der Waals surface area contributed by atoms with Crippen molar-refractivity contribution in [3.63, 3.8) is 0 Å². The largest absolute Gasteiger partial charge is 0.493 e. The van der Waals surface area contributed by atoms with E-state index in [0.717, 1.165) is 50.9 Å². The average molecular weight is 471 g/mol. The zero-order valence-electron chi connectivity index (χ0n) is 19.7. The van der Waals surface area contributed by atoms with Crippen molar-refractivity contribution in [3.05, 3.63) is 54.1 Å². The van der Waals surface area contributed by atoms with Crippen molar-refractivity contribution in [3.8, 4) is 17.2 Å². The molecule has 2 aromatic carbocycles. The standard InChI is InChI=1S/C27H34O7/c1-2-3-26(32-18-25-17-31-25)33-23-10-6-20(7-11-23)27(29)34-24-14-12-22(13-15-24)30-16-19-4-8-21(28)9-5-19/h6-7,10-15,19,21,25-26,28H,2-5,8-9,16-18H2,1H3. The molecule has 0 bridgehead atoms. The molecule has 2 atom stereocenters. The van der Waals surface area contributed by atoms with Crippen LogP contribution in [0.5, 0.6) is 17.2 Å². The highest BCUT2D eigenvalue weighted by atomic mass is 16.7. The third kappa shape index (κ3) is 7.72. The van der Waals surface area contributed by atoms with Gasteiger partial charge in [0, 0.05) is 6.42 Å². The number of carbonyl (C=O) groups is 1. The van der Waals surface area contributed by atoms with Gasteiger partial charge < -0.3 is 28.8 Å². The van der Waals surface area contributed by atoms with Crippen molar-refractivity contribution in [2.24, 2.45) is 5.92 Å². The molecule has 1 N–H and O–H groups in total. The van der Waals surface area contributed by atoms with Crippen LogP contribution < -0.4 is 14.2 Å². The van der Waals surface area contributed by atoms with Crippen LogP contribution in [0.25, 0.3) is 0 Å². The van der Waals surface area contributed by atoms with E-state index in [4.69, 9.17) is 23.7 Å². The Hall–Kier alpha value is -2.61. The van der Waals surface area contributed by atoms with Crippen LogP contribution in [0.2, 0.25) is 0 Å². The maximum absolute atomic E-state index is 12.5. The van der Waals surface area contributed by atoms with E-state index in [2.05, 4.69) is 6.92 Å². The third-order valence-corrected chi connectivity index (χ3v) is 6.09. The molecule has 184 valence electrons. The lowest BCUT2D eigenvalue weighted by Crippen LogP contribution is -2.22. The summed E-state index contributed by atoms with van der Waals surface area (Å²) in [4.78, 5) is 12.5. The second kappa shape index (κ2) is 12.2. The zero-order valence-corrected chi connectivity index (χ0v) is 19.7. The van der Waals surface area contributed by atoms with Crippen LogP contribution in [0.4, 0.5) is 0 Å². The molecule has 2 unspecified atom stereocenters. The molecule has 2 aromatic rings. The van der Waals surface area contributed by atoms with Crippen molar-refractivity contribution in [1.82, 2.24) is 0 Å². The molecule has 34 heavy (non-hydrogen) atoms. The van der Waals surface area contributed by atoms with Crippen LogP contribution in [0.15, 0.2) is 48.5 Å². The number of aliphatic hydroxyl groups excluding tert-OH is 1. The Kier molecular flexibility index (Phi) is 8.79. The summed E-state index contributed by atoms with van der Waals surface area (Å²) in [5.41, 5.74) is 0.437. The van der Waals surface area contributed by atoms with Gasteiger partial charge >= 0.3 is 5.97 Å². The molecule has 1 aliphatic carbocycles. The summed E-state index contributed by atoms with van der Waals surface area (Å²) in [6.07, 6.45) is 5.08. The van der Waals surface area contributed by atoms with Crippen molar-refractivity contribution in [2.45, 2.75) is 63.9 Å². The highest BCUT2D eigenvalue weighted by Crippen LogP contribution is 2.26. The molecule has 4 rings (SSSR count). The summed E-state index contributed by atoms with van der Waals surface area (Å²) < 4.78 is 28.2. The van der Waals surface area contributed by atoms with Gasteiger partial charge in [-0.15, -0.1) is 0 Å². The van der Waals surface area contributed by atoms with Crippen LogP contribution in [0, 0.1) is 5.92 Å². The molecule has 2 fully saturated rings. The molecule has 1 saturated carbocycles. The lowest BCUT2D eigenvalue weighted by Gasteiger charge is -2.25. The van der Waals surface area contributed by atoms with Gasteiger partial charge in [0.15, 0.2) is 6.29 Å². The number of ether oxygens (including phenoxy) is 5. The van der Waals surface area contributed by atoms with Crippen LogP contribution in [0.1, 0.15) is 55.8 Å². The highest BCUT2D eigenvalue weighted by molar-refractivity contribution is 5.91. The van der Waals surface area contributed by atoms with Crippen LogP contribution in [0.3, 0.4) is 0 Å². The minimum absolute atomic E-state index is 0.159. The van der Waals surface area contributed by atoms with E-state index in [9.17, 15) is 9.90 Å². The second-order valence-corrected chi connectivity index (χ2v) is 9.00. The molecule has 1 saturated heterocycles. The lowest BCUT2D eigenvalue weighted by atomic mass is 9.88. The predicted molar refractivity (Wildman–Crippen MR) is 126 cm³/mol. The maximum atomic E-state index is 12.5. The smallest absolute Gasteiger partial charge is 0.343 e. The van der Waals surface area contributed by atoms with Crippen LogP contribution >= 0.6 is 0 Å². The van der Waals surface area contributed by atoms with E-state index in [1.807, 2.05) is 0 Å². The Morgan fingerprint density at radius 3 is 2.26 bits per heavy atom. The minimum atomic E-state index is -0.437. The number of aliphatic hydroxyl groups is 1. The Balaban J connectivity index is 1.23. The van der Waals surface area contributed by atoms with E-state index in [-0.39, 0.29) is 18.5 Å². The van der Waals surface area contributed by atoms with Gasteiger partial charge in [-0.1, -0.05) is 13.3 Å². The molecule has 0 amide bonds. The van der Waals surface area contributed by atoms with Gasteiger partial charge in [-0.2, -0.15) is 0 Å². The molecule has 7 heteroatoms. The molecule has 0 aromatic heterocycles. The van der Waals surface area contributed by atoms with Gasteiger partial charge in [0.05, 0.1) is 31.5 Å². The van der Waals surface area contributed by atoms with Crippen LogP contribution in [-0.4, -0.2) is 49.4 Å². The Morgan fingerprint density at radius 2 is 1.62 bits per heavy atom. The summed E-state index contributed by atoms with van der Waals surface area (Å²) in [5, 5.41) is 9.61. The molecule has 0 spiro atoms. The average Bonchev–Trinajstić information content (AvgIpc) is 3.68. The van der Waals surface area contributed by atoms with Gasteiger partial charge in [-0.05, 0) is 80.1 Å². The Bertz CT molecular complexity index is 884. The van der Waals surface area contributed by atoms with Crippen molar-refractivity contribution in [2.75, 3.05) is 19.8 Å². The van der Waals surface area contributed by atoms with E-state index in [0.29, 0.717) is 36.2 Å². The number of esters is 1. The zero-order chi connectivity index (χ0) is 23.8. The first-order chi connectivity index (χ1) is 16.6. The van der Waals surface area contributed by atoms with Gasteiger partial charge in [-0.25, -0.2) is 4.79 Å². The van der Waals surface area contributed by atoms with Gasteiger partial charge in [0.1, 0.15) is 23.4 Å². The maximum Gasteiger partial charge on any atom is 0.343 e. The molecule has 1 aliphatic heterocycles. The van der Waals surface area contributed by atoms with Gasteiger partial charge in [-0.3, -0.25) is 0 Å². The number of benzene rings is 2. The first kappa shape index (κ1) is 24.5. The quantitative estimate of drug-likeness (QED) is 0.207. The molecular formula is C27H34O7. The fourth-order valence-electron chi connectivity index (χ4n) is 3.91. The number of carbonyl (C=O) groups excluding carboxylic acids is 1. The topological polar surface area (TPSA) is 86.8 Å². The summed E-state index contributed by atoms with van der Waals surface area (Å²) >= 11 is 0. The summed E-state index contributed by atoms with van der Waals surface area (Å²) in [7, 11) is 0. The first-order valence-corrected chi connectivity index (χ1v) is 12.2. The Morgan fingerprint density at radius 1 is 0.971 bits per heavy atom. The summed E-state index contributed by atoms with van der Waals surface area (Å²) in [6, 6.07) is 13.9. The number of hydrogen-bond donors (Lipinski definition) is 1. The number of epoxide rings is 1. The normalized spacial score (nSPS) is 22.6. The monoisotopic (exact) mass is 470 g/mol. The molecular weight excluding hydrogens is 436 g/mol. The van der Waals surface area contributed by atoms with Crippen molar-refractivity contribution in [1.29, 1.82) is 0 Å². The third-order valence-electron chi connectivity index (χ3n) is 6.09. The fraction of sp³-hybridized carbons (Fsp3) is 0.519.